The normalized spacial score (nSPS) is 22.5. The molecule has 0 spiro atoms. The smallest absolute Gasteiger partial charge is 0.315 e. The zero-order valence-electron chi connectivity index (χ0n) is 11.4. The van der Waals surface area contributed by atoms with Gasteiger partial charge in [0.05, 0.1) is 4.34 Å². The monoisotopic (exact) mass is 316 g/mol. The molecule has 4 nitrogen and oxygen atoms in total. The Kier molecular flexibility index (Phi) is 6.13. The van der Waals surface area contributed by atoms with E-state index in [1.165, 1.54) is 16.2 Å². The number of hydrogen-bond acceptors (Lipinski definition) is 3. The molecule has 0 bridgehead atoms. The van der Waals surface area contributed by atoms with Crippen LogP contribution in [0.1, 0.15) is 30.6 Å². The van der Waals surface area contributed by atoms with Crippen LogP contribution < -0.4 is 10.6 Å². The summed E-state index contributed by atoms with van der Waals surface area (Å²) in [6, 6.07) is 3.81. The summed E-state index contributed by atoms with van der Waals surface area (Å²) < 4.78 is 0.775. The fourth-order valence-corrected chi connectivity index (χ4v) is 3.71. The van der Waals surface area contributed by atoms with Gasteiger partial charge < -0.3 is 15.7 Å². The summed E-state index contributed by atoms with van der Waals surface area (Å²) in [5, 5.41) is 15.2. The third-order valence-corrected chi connectivity index (χ3v) is 5.04. The third kappa shape index (κ3) is 4.65. The first-order valence-electron chi connectivity index (χ1n) is 7.08. The number of nitrogens with one attached hydrogen (secondary N) is 2. The lowest BCUT2D eigenvalue weighted by Crippen LogP contribution is -2.48. The van der Waals surface area contributed by atoms with Gasteiger partial charge in [-0.3, -0.25) is 0 Å². The van der Waals surface area contributed by atoms with Gasteiger partial charge in [0, 0.05) is 30.0 Å². The van der Waals surface area contributed by atoms with Crippen molar-refractivity contribution in [3.05, 3.63) is 21.3 Å². The van der Waals surface area contributed by atoms with Gasteiger partial charge in [-0.05, 0) is 31.4 Å². The second kappa shape index (κ2) is 7.86. The minimum absolute atomic E-state index is 0.102. The number of halogens is 1. The van der Waals surface area contributed by atoms with Crippen LogP contribution in [0, 0.1) is 5.92 Å². The van der Waals surface area contributed by atoms with Crippen molar-refractivity contribution in [1.29, 1.82) is 0 Å². The van der Waals surface area contributed by atoms with Crippen LogP contribution in [0.2, 0.25) is 4.34 Å². The molecular weight excluding hydrogens is 296 g/mol. The summed E-state index contributed by atoms with van der Waals surface area (Å²) in [6.45, 7) is 0.748. The molecule has 1 aromatic heterocycles. The maximum Gasteiger partial charge on any atom is 0.315 e. The van der Waals surface area contributed by atoms with Gasteiger partial charge in [0.15, 0.2) is 0 Å². The summed E-state index contributed by atoms with van der Waals surface area (Å²) >= 11 is 7.40. The standard InChI is InChI=1S/C14H21ClN2O2S/c15-13-6-5-11(20-13)7-8-16-14(19)17-12-4-2-1-3-10(12)9-18/h5-6,10,12,18H,1-4,7-9H2,(H2,16,17,19). The SMILES string of the molecule is O=C(NCCc1ccc(Cl)s1)NC1CCCCC1CO. The molecule has 0 radical (unpaired) electrons. The van der Waals surface area contributed by atoms with Crippen molar-refractivity contribution < 1.29 is 9.90 Å². The van der Waals surface area contributed by atoms with E-state index in [0.717, 1.165) is 36.4 Å². The highest BCUT2D eigenvalue weighted by molar-refractivity contribution is 7.16. The highest BCUT2D eigenvalue weighted by Gasteiger charge is 2.25. The van der Waals surface area contributed by atoms with E-state index >= 15 is 0 Å². The maximum atomic E-state index is 11.8. The average Bonchev–Trinajstić information content (AvgIpc) is 2.85. The van der Waals surface area contributed by atoms with E-state index in [0.29, 0.717) is 6.54 Å². The molecule has 1 saturated carbocycles. The average molecular weight is 317 g/mol. The molecule has 2 atom stereocenters. The van der Waals surface area contributed by atoms with Crippen molar-refractivity contribution in [2.45, 2.75) is 38.1 Å². The first-order chi connectivity index (χ1) is 9.69. The topological polar surface area (TPSA) is 61.4 Å². The van der Waals surface area contributed by atoms with Crippen LogP contribution in [0.3, 0.4) is 0 Å². The zero-order chi connectivity index (χ0) is 14.4. The first-order valence-corrected chi connectivity index (χ1v) is 8.28. The Morgan fingerprint density at radius 3 is 2.90 bits per heavy atom. The quantitative estimate of drug-likeness (QED) is 0.782. The largest absolute Gasteiger partial charge is 0.396 e. The number of carbonyl (C=O) groups is 1. The predicted molar refractivity (Wildman–Crippen MR) is 82.4 cm³/mol. The van der Waals surface area contributed by atoms with Gasteiger partial charge in [0.25, 0.3) is 0 Å². The molecule has 1 aromatic rings. The number of carbonyl (C=O) groups excluding carboxylic acids is 1. The molecule has 0 aliphatic heterocycles. The molecule has 2 unspecified atom stereocenters. The zero-order valence-corrected chi connectivity index (χ0v) is 13.0. The number of aliphatic hydroxyl groups is 1. The van der Waals surface area contributed by atoms with Gasteiger partial charge in [-0.1, -0.05) is 24.4 Å². The van der Waals surface area contributed by atoms with E-state index in [-0.39, 0.29) is 24.6 Å². The lowest BCUT2D eigenvalue weighted by atomic mass is 9.85. The van der Waals surface area contributed by atoms with Crippen LogP contribution in [0.25, 0.3) is 0 Å². The minimum Gasteiger partial charge on any atom is -0.396 e. The number of urea groups is 1. The van der Waals surface area contributed by atoms with Crippen molar-refractivity contribution in [2.24, 2.45) is 5.92 Å². The van der Waals surface area contributed by atoms with Crippen molar-refractivity contribution in [3.63, 3.8) is 0 Å². The molecule has 1 heterocycles. The molecule has 112 valence electrons. The minimum atomic E-state index is -0.141. The molecule has 2 amide bonds. The Morgan fingerprint density at radius 2 is 2.20 bits per heavy atom. The second-order valence-corrected chi connectivity index (χ2v) is 6.99. The summed E-state index contributed by atoms with van der Waals surface area (Å²) in [4.78, 5) is 13.0. The van der Waals surface area contributed by atoms with Gasteiger partial charge >= 0.3 is 6.03 Å². The highest BCUT2D eigenvalue weighted by atomic mass is 35.5. The van der Waals surface area contributed by atoms with Crippen LogP contribution in [-0.4, -0.2) is 30.3 Å². The van der Waals surface area contributed by atoms with E-state index in [4.69, 9.17) is 11.6 Å². The lowest BCUT2D eigenvalue weighted by molar-refractivity contribution is 0.154. The third-order valence-electron chi connectivity index (χ3n) is 3.75. The Balaban J connectivity index is 1.69. The van der Waals surface area contributed by atoms with E-state index < -0.39 is 0 Å². The van der Waals surface area contributed by atoms with Crippen molar-refractivity contribution >= 4 is 29.0 Å². The van der Waals surface area contributed by atoms with E-state index in [9.17, 15) is 9.90 Å². The Hall–Kier alpha value is -0.780. The molecular formula is C14H21ClN2O2S. The van der Waals surface area contributed by atoms with E-state index in [1.807, 2.05) is 12.1 Å². The van der Waals surface area contributed by atoms with Crippen LogP contribution in [0.15, 0.2) is 12.1 Å². The van der Waals surface area contributed by atoms with Gasteiger partial charge in [-0.15, -0.1) is 11.3 Å². The van der Waals surface area contributed by atoms with Gasteiger partial charge in [0.1, 0.15) is 0 Å². The Morgan fingerprint density at radius 1 is 1.40 bits per heavy atom. The fraction of sp³-hybridized carbons (Fsp3) is 0.643. The molecule has 0 aromatic carbocycles. The molecule has 2 rings (SSSR count). The molecule has 1 aliphatic rings. The first kappa shape index (κ1) is 15.6. The lowest BCUT2D eigenvalue weighted by Gasteiger charge is -2.30. The molecule has 1 fully saturated rings. The molecule has 1 aliphatic carbocycles. The predicted octanol–water partition coefficient (Wildman–Crippen LogP) is 2.79. The molecule has 6 heteroatoms. The summed E-state index contributed by atoms with van der Waals surface area (Å²) in [5.74, 6) is 0.200. The maximum absolute atomic E-state index is 11.8. The summed E-state index contributed by atoms with van der Waals surface area (Å²) in [6.07, 6.45) is 5.01. The van der Waals surface area contributed by atoms with Crippen LogP contribution in [0.5, 0.6) is 0 Å². The number of aliphatic hydroxyl groups excluding tert-OH is 1. The van der Waals surface area contributed by atoms with Crippen molar-refractivity contribution in [3.8, 4) is 0 Å². The summed E-state index contributed by atoms with van der Waals surface area (Å²) in [7, 11) is 0. The van der Waals surface area contributed by atoms with Gasteiger partial charge in [-0.25, -0.2) is 4.79 Å². The number of thiophene rings is 1. The molecule has 20 heavy (non-hydrogen) atoms. The van der Waals surface area contributed by atoms with Crippen molar-refractivity contribution in [1.82, 2.24) is 10.6 Å². The van der Waals surface area contributed by atoms with Crippen LogP contribution >= 0.6 is 22.9 Å². The molecule has 3 N–H and O–H groups in total. The van der Waals surface area contributed by atoms with Gasteiger partial charge in [-0.2, -0.15) is 0 Å². The van der Waals surface area contributed by atoms with Crippen molar-refractivity contribution in [2.75, 3.05) is 13.2 Å². The van der Waals surface area contributed by atoms with Crippen LogP contribution in [0.4, 0.5) is 4.79 Å². The van der Waals surface area contributed by atoms with Gasteiger partial charge in [0.2, 0.25) is 0 Å². The van der Waals surface area contributed by atoms with E-state index in [2.05, 4.69) is 10.6 Å². The Labute approximate surface area is 128 Å². The fourth-order valence-electron chi connectivity index (χ4n) is 2.62. The van der Waals surface area contributed by atoms with Crippen LogP contribution in [-0.2, 0) is 6.42 Å². The highest BCUT2D eigenvalue weighted by Crippen LogP contribution is 2.24. The second-order valence-electron chi connectivity index (χ2n) is 5.19. The Bertz CT molecular complexity index is 439. The summed E-state index contributed by atoms with van der Waals surface area (Å²) in [5.41, 5.74) is 0. The number of hydrogen-bond donors (Lipinski definition) is 3. The number of amides is 2. The van der Waals surface area contributed by atoms with E-state index in [1.54, 1.807) is 0 Å². The number of rotatable bonds is 5. The molecule has 0 saturated heterocycles.